The van der Waals surface area contributed by atoms with Gasteiger partial charge >= 0.3 is 0 Å². The van der Waals surface area contributed by atoms with Crippen molar-refractivity contribution < 1.29 is 9.18 Å². The first-order valence-corrected chi connectivity index (χ1v) is 9.21. The quantitative estimate of drug-likeness (QED) is 0.769. The number of nitrogens with one attached hydrogen (secondary N) is 1. The van der Waals surface area contributed by atoms with Crippen LogP contribution >= 0.6 is 0 Å². The first kappa shape index (κ1) is 17.5. The predicted molar refractivity (Wildman–Crippen MR) is 102 cm³/mol. The van der Waals surface area contributed by atoms with Crippen molar-refractivity contribution in [1.82, 2.24) is 14.4 Å². The number of hydrogen-bond donors (Lipinski definition) is 1. The van der Waals surface area contributed by atoms with E-state index in [0.717, 1.165) is 24.8 Å². The first-order chi connectivity index (χ1) is 13.1. The van der Waals surface area contributed by atoms with E-state index in [1.54, 1.807) is 22.9 Å². The van der Waals surface area contributed by atoms with Gasteiger partial charge in [-0.05, 0) is 43.0 Å². The number of imidazole rings is 1. The predicted octanol–water partition coefficient (Wildman–Crippen LogP) is 3.29. The third kappa shape index (κ3) is 4.07. The lowest BCUT2D eigenvalue weighted by molar-refractivity contribution is -0.115. The van der Waals surface area contributed by atoms with Crippen molar-refractivity contribution in [2.45, 2.75) is 26.2 Å². The molecule has 1 fully saturated rings. The van der Waals surface area contributed by atoms with Crippen molar-refractivity contribution in [3.63, 3.8) is 0 Å². The Morgan fingerprint density at radius 1 is 1.22 bits per heavy atom. The van der Waals surface area contributed by atoms with Gasteiger partial charge in [0, 0.05) is 25.5 Å². The zero-order valence-corrected chi connectivity index (χ0v) is 15.2. The fourth-order valence-electron chi connectivity index (χ4n) is 3.36. The molecule has 1 aliphatic heterocycles. The van der Waals surface area contributed by atoms with Gasteiger partial charge in [0.2, 0.25) is 5.91 Å². The number of carbonyl (C=O) groups excluding carboxylic acids is 1. The summed E-state index contributed by atoms with van der Waals surface area (Å²) in [7, 11) is 0. The second-order valence-corrected chi connectivity index (χ2v) is 7.14. The van der Waals surface area contributed by atoms with Gasteiger partial charge in [-0.2, -0.15) is 0 Å². The van der Waals surface area contributed by atoms with Crippen LogP contribution in [0.3, 0.4) is 0 Å². The number of amides is 1. The van der Waals surface area contributed by atoms with Crippen molar-refractivity contribution in [2.24, 2.45) is 5.92 Å². The molecule has 6 nitrogen and oxygen atoms in total. The van der Waals surface area contributed by atoms with Crippen molar-refractivity contribution in [1.29, 1.82) is 0 Å². The number of piperidine rings is 1. The van der Waals surface area contributed by atoms with Crippen molar-refractivity contribution in [2.75, 3.05) is 23.3 Å². The van der Waals surface area contributed by atoms with E-state index in [-0.39, 0.29) is 18.1 Å². The minimum absolute atomic E-state index is 0.120. The summed E-state index contributed by atoms with van der Waals surface area (Å²) in [5, 5.41) is 2.84. The van der Waals surface area contributed by atoms with E-state index in [1.165, 1.54) is 25.1 Å². The highest BCUT2D eigenvalue weighted by Crippen LogP contribution is 2.22. The van der Waals surface area contributed by atoms with Gasteiger partial charge in [-0.15, -0.1) is 0 Å². The van der Waals surface area contributed by atoms with Crippen LogP contribution in [0.5, 0.6) is 0 Å². The van der Waals surface area contributed by atoms with Gasteiger partial charge in [-0.1, -0.05) is 6.92 Å². The van der Waals surface area contributed by atoms with Crippen LogP contribution in [0.4, 0.5) is 15.9 Å². The summed E-state index contributed by atoms with van der Waals surface area (Å²) in [6, 6.07) is 6.75. The maximum atomic E-state index is 13.2. The standard InChI is InChI=1S/C20H22FN5O/c1-14-6-8-25(9-7-14)18-5-3-16(11-22-18)24-20(27)10-17-13-26-12-15(21)2-4-19(26)23-17/h2-5,11-14H,6-10H2,1H3,(H,24,27). The van der Waals surface area contributed by atoms with Gasteiger partial charge in [-0.3, -0.25) is 4.79 Å². The summed E-state index contributed by atoms with van der Waals surface area (Å²) >= 11 is 0. The topological polar surface area (TPSA) is 62.5 Å². The average Bonchev–Trinajstić information content (AvgIpc) is 3.04. The van der Waals surface area contributed by atoms with Crippen LogP contribution in [-0.2, 0) is 11.2 Å². The summed E-state index contributed by atoms with van der Waals surface area (Å²) in [5.41, 5.74) is 1.86. The van der Waals surface area contributed by atoms with Crippen LogP contribution in [0, 0.1) is 11.7 Å². The zero-order chi connectivity index (χ0) is 18.8. The number of carbonyl (C=O) groups is 1. The van der Waals surface area contributed by atoms with E-state index in [2.05, 4.69) is 27.1 Å². The lowest BCUT2D eigenvalue weighted by Gasteiger charge is -2.31. The van der Waals surface area contributed by atoms with E-state index in [0.29, 0.717) is 17.0 Å². The molecule has 0 unspecified atom stereocenters. The normalized spacial score (nSPS) is 15.3. The second kappa shape index (κ2) is 7.34. The first-order valence-electron chi connectivity index (χ1n) is 9.21. The van der Waals surface area contributed by atoms with Crippen molar-refractivity contribution in [3.05, 3.63) is 54.4 Å². The van der Waals surface area contributed by atoms with Crippen LogP contribution in [0.15, 0.2) is 42.9 Å². The lowest BCUT2D eigenvalue weighted by atomic mass is 9.99. The molecule has 1 saturated heterocycles. The number of pyridine rings is 2. The maximum Gasteiger partial charge on any atom is 0.230 e. The van der Waals surface area contributed by atoms with E-state index in [9.17, 15) is 9.18 Å². The molecule has 3 aromatic rings. The molecule has 1 aliphatic rings. The summed E-state index contributed by atoms with van der Waals surface area (Å²) < 4.78 is 14.8. The molecule has 140 valence electrons. The average molecular weight is 367 g/mol. The lowest BCUT2D eigenvalue weighted by Crippen LogP contribution is -2.33. The molecule has 0 aromatic carbocycles. The Morgan fingerprint density at radius 2 is 2.04 bits per heavy atom. The van der Waals surface area contributed by atoms with Crippen LogP contribution < -0.4 is 10.2 Å². The van der Waals surface area contributed by atoms with E-state index in [1.807, 2.05) is 12.1 Å². The molecule has 1 N–H and O–H groups in total. The van der Waals surface area contributed by atoms with Crippen LogP contribution in [0.1, 0.15) is 25.5 Å². The number of halogens is 1. The molecule has 27 heavy (non-hydrogen) atoms. The highest BCUT2D eigenvalue weighted by molar-refractivity contribution is 5.92. The third-order valence-corrected chi connectivity index (χ3v) is 4.95. The monoisotopic (exact) mass is 367 g/mol. The maximum absolute atomic E-state index is 13.2. The number of fused-ring (bicyclic) bond motifs is 1. The smallest absolute Gasteiger partial charge is 0.230 e. The SMILES string of the molecule is CC1CCN(c2ccc(NC(=O)Cc3cn4cc(F)ccc4n3)cn2)CC1. The molecule has 0 spiro atoms. The molecule has 0 radical (unpaired) electrons. The van der Waals surface area contributed by atoms with E-state index in [4.69, 9.17) is 0 Å². The Bertz CT molecular complexity index is 945. The fraction of sp³-hybridized carbons (Fsp3) is 0.350. The Hall–Kier alpha value is -2.96. The molecular weight excluding hydrogens is 345 g/mol. The van der Waals surface area contributed by atoms with Gasteiger partial charge in [-0.25, -0.2) is 14.4 Å². The summed E-state index contributed by atoms with van der Waals surface area (Å²) in [5.74, 6) is 1.20. The number of aromatic nitrogens is 3. The number of nitrogens with zero attached hydrogens (tertiary/aromatic N) is 4. The molecule has 4 rings (SSSR count). The Morgan fingerprint density at radius 3 is 2.78 bits per heavy atom. The number of hydrogen-bond acceptors (Lipinski definition) is 4. The van der Waals surface area contributed by atoms with Gasteiger partial charge in [0.05, 0.1) is 24.0 Å². The number of anilines is 2. The highest BCUT2D eigenvalue weighted by Gasteiger charge is 2.17. The van der Waals surface area contributed by atoms with Gasteiger partial charge in [0.1, 0.15) is 17.3 Å². The molecule has 0 atom stereocenters. The molecule has 1 amide bonds. The van der Waals surface area contributed by atoms with Crippen molar-refractivity contribution in [3.8, 4) is 0 Å². The molecule has 4 heterocycles. The van der Waals surface area contributed by atoms with Crippen LogP contribution in [-0.4, -0.2) is 33.4 Å². The molecule has 3 aromatic heterocycles. The summed E-state index contributed by atoms with van der Waals surface area (Å²) in [6.07, 6.45) is 7.18. The van der Waals surface area contributed by atoms with Crippen molar-refractivity contribution >= 4 is 23.1 Å². The molecule has 0 aliphatic carbocycles. The minimum Gasteiger partial charge on any atom is -0.357 e. The largest absolute Gasteiger partial charge is 0.357 e. The molecule has 7 heteroatoms. The minimum atomic E-state index is -0.342. The zero-order valence-electron chi connectivity index (χ0n) is 15.2. The highest BCUT2D eigenvalue weighted by atomic mass is 19.1. The van der Waals surface area contributed by atoms with Gasteiger partial charge < -0.3 is 14.6 Å². The van der Waals surface area contributed by atoms with E-state index >= 15 is 0 Å². The number of rotatable bonds is 4. The Labute approximate surface area is 157 Å². The Balaban J connectivity index is 1.37. The summed E-state index contributed by atoms with van der Waals surface area (Å²) in [4.78, 5) is 23.4. The van der Waals surface area contributed by atoms with E-state index < -0.39 is 0 Å². The second-order valence-electron chi connectivity index (χ2n) is 7.14. The fourth-order valence-corrected chi connectivity index (χ4v) is 3.36. The van der Waals surface area contributed by atoms with Gasteiger partial charge in [0.15, 0.2) is 0 Å². The van der Waals surface area contributed by atoms with Crippen LogP contribution in [0.2, 0.25) is 0 Å². The Kier molecular flexibility index (Phi) is 4.75. The molecule has 0 saturated carbocycles. The molecular formula is C20H22FN5O. The third-order valence-electron chi connectivity index (χ3n) is 4.95. The van der Waals surface area contributed by atoms with Gasteiger partial charge in [0.25, 0.3) is 0 Å². The van der Waals surface area contributed by atoms with Crippen LogP contribution in [0.25, 0.3) is 5.65 Å². The molecule has 0 bridgehead atoms. The summed E-state index contributed by atoms with van der Waals surface area (Å²) in [6.45, 7) is 4.33.